The second kappa shape index (κ2) is 6.91. The third-order valence-electron chi connectivity index (χ3n) is 7.85. The molecule has 5 nitrogen and oxygen atoms in total. The first kappa shape index (κ1) is 17.7. The van der Waals surface area contributed by atoms with E-state index in [2.05, 4.69) is 14.5 Å². The van der Waals surface area contributed by atoms with E-state index in [4.69, 9.17) is 4.74 Å². The predicted molar refractivity (Wildman–Crippen MR) is 103 cm³/mol. The van der Waals surface area contributed by atoms with Crippen LogP contribution in [0.2, 0.25) is 0 Å². The van der Waals surface area contributed by atoms with E-state index in [1.54, 1.807) is 7.11 Å². The number of nitrogens with zero attached hydrogens (tertiary/aromatic N) is 3. The fourth-order valence-electron chi connectivity index (χ4n) is 7.14. The van der Waals surface area contributed by atoms with Crippen molar-refractivity contribution >= 4 is 5.91 Å². The molecule has 0 N–H and O–H groups in total. The molecular formula is C22H33N3O2. The average Bonchev–Trinajstić information content (AvgIpc) is 3.13. The third kappa shape index (κ3) is 3.12. The number of carbonyl (C=O) groups excluding carboxylic acids is 1. The average molecular weight is 372 g/mol. The summed E-state index contributed by atoms with van der Waals surface area (Å²) in [6.07, 6.45) is 13.9. The summed E-state index contributed by atoms with van der Waals surface area (Å²) in [5.41, 5.74) is -0.0118. The number of likely N-dealkylation sites (tertiary alicyclic amines) is 1. The standard InChI is InChI=1S/C22H33N3O2/c1-27-8-7-24-6-4-23-20(24)19-3-2-5-25(15-19)21(26)22-12-16-9-17(13-22)11-18(10-16)14-22/h4,6,16-19H,2-3,5,7-15H2,1H3. The van der Waals surface area contributed by atoms with Gasteiger partial charge in [0.05, 0.1) is 12.0 Å². The highest BCUT2D eigenvalue weighted by molar-refractivity contribution is 5.83. The Kier molecular flexibility index (Phi) is 4.53. The van der Waals surface area contributed by atoms with Crippen LogP contribution in [0.25, 0.3) is 0 Å². The molecule has 0 spiro atoms. The van der Waals surface area contributed by atoms with Crippen LogP contribution >= 0.6 is 0 Å². The van der Waals surface area contributed by atoms with E-state index in [9.17, 15) is 4.79 Å². The first-order valence-corrected chi connectivity index (χ1v) is 11.0. The van der Waals surface area contributed by atoms with Crippen molar-refractivity contribution in [1.29, 1.82) is 0 Å². The minimum absolute atomic E-state index is 0.0118. The van der Waals surface area contributed by atoms with Crippen molar-refractivity contribution < 1.29 is 9.53 Å². The van der Waals surface area contributed by atoms with Gasteiger partial charge >= 0.3 is 0 Å². The molecule has 1 atom stereocenters. The van der Waals surface area contributed by atoms with Gasteiger partial charge in [0.2, 0.25) is 5.91 Å². The number of ether oxygens (including phenoxy) is 1. The molecule has 6 rings (SSSR count). The Hall–Kier alpha value is -1.36. The fourth-order valence-corrected chi connectivity index (χ4v) is 7.14. The second-order valence-electron chi connectivity index (χ2n) is 9.76. The number of amides is 1. The zero-order chi connectivity index (χ0) is 18.4. The van der Waals surface area contributed by atoms with E-state index in [1.165, 1.54) is 38.5 Å². The second-order valence-corrected chi connectivity index (χ2v) is 9.76. The van der Waals surface area contributed by atoms with Crippen molar-refractivity contribution in [2.45, 2.75) is 63.8 Å². The van der Waals surface area contributed by atoms with Gasteiger partial charge in [-0.05, 0) is 69.1 Å². The summed E-state index contributed by atoms with van der Waals surface area (Å²) >= 11 is 0. The highest BCUT2D eigenvalue weighted by Gasteiger charge is 2.55. The maximum absolute atomic E-state index is 13.7. The summed E-state index contributed by atoms with van der Waals surface area (Å²) in [4.78, 5) is 20.6. The summed E-state index contributed by atoms with van der Waals surface area (Å²) in [6, 6.07) is 0. The lowest BCUT2D eigenvalue weighted by Crippen LogP contribution is -2.56. The Morgan fingerprint density at radius 2 is 1.93 bits per heavy atom. The fraction of sp³-hybridized carbons (Fsp3) is 0.818. The third-order valence-corrected chi connectivity index (χ3v) is 7.85. The number of hydrogen-bond acceptors (Lipinski definition) is 3. The highest BCUT2D eigenvalue weighted by atomic mass is 16.5. The zero-order valence-corrected chi connectivity index (χ0v) is 16.6. The quantitative estimate of drug-likeness (QED) is 0.796. The SMILES string of the molecule is COCCn1ccnc1C1CCCN(C(=O)C23CC4CC(CC(C4)C2)C3)C1. The van der Waals surface area contributed by atoms with E-state index < -0.39 is 0 Å². The predicted octanol–water partition coefficient (Wildman–Crippen LogP) is 3.45. The Balaban J connectivity index is 1.31. The van der Waals surface area contributed by atoms with Crippen LogP contribution in [0.3, 0.4) is 0 Å². The Morgan fingerprint density at radius 3 is 2.59 bits per heavy atom. The summed E-state index contributed by atoms with van der Waals surface area (Å²) in [6.45, 7) is 3.33. The first-order valence-electron chi connectivity index (χ1n) is 11.0. The topological polar surface area (TPSA) is 47.4 Å². The number of imidazole rings is 1. The molecule has 5 fully saturated rings. The summed E-state index contributed by atoms with van der Waals surface area (Å²) in [5.74, 6) is 4.47. The van der Waals surface area contributed by atoms with Crippen molar-refractivity contribution in [3.05, 3.63) is 18.2 Å². The maximum Gasteiger partial charge on any atom is 0.228 e. The Labute approximate surface area is 162 Å². The molecule has 5 aliphatic rings. The molecular weight excluding hydrogens is 338 g/mol. The molecule has 1 aromatic rings. The minimum atomic E-state index is -0.0118. The van der Waals surface area contributed by atoms with Gasteiger partial charge in [-0.1, -0.05) is 0 Å². The van der Waals surface area contributed by atoms with Crippen molar-refractivity contribution in [2.24, 2.45) is 23.2 Å². The number of aromatic nitrogens is 2. The molecule has 4 aliphatic carbocycles. The molecule has 5 heteroatoms. The van der Waals surface area contributed by atoms with Crippen LogP contribution in [0.5, 0.6) is 0 Å². The number of piperidine rings is 1. The largest absolute Gasteiger partial charge is 0.383 e. The van der Waals surface area contributed by atoms with Gasteiger partial charge in [0.25, 0.3) is 0 Å². The zero-order valence-electron chi connectivity index (χ0n) is 16.6. The number of hydrogen-bond donors (Lipinski definition) is 0. The van der Waals surface area contributed by atoms with Gasteiger partial charge in [0.1, 0.15) is 5.82 Å². The lowest BCUT2D eigenvalue weighted by atomic mass is 9.49. The smallest absolute Gasteiger partial charge is 0.228 e. The number of methoxy groups -OCH3 is 1. The monoisotopic (exact) mass is 371 g/mol. The van der Waals surface area contributed by atoms with Gasteiger partial charge in [0.15, 0.2) is 0 Å². The summed E-state index contributed by atoms with van der Waals surface area (Å²) in [5, 5.41) is 0. The van der Waals surface area contributed by atoms with Crippen molar-refractivity contribution in [1.82, 2.24) is 14.5 Å². The van der Waals surface area contributed by atoms with Crippen LogP contribution < -0.4 is 0 Å². The van der Waals surface area contributed by atoms with Crippen LogP contribution in [0.1, 0.15) is 63.1 Å². The van der Waals surface area contributed by atoms with Crippen molar-refractivity contribution in [2.75, 3.05) is 26.8 Å². The van der Waals surface area contributed by atoms with E-state index in [0.29, 0.717) is 18.4 Å². The van der Waals surface area contributed by atoms with Gasteiger partial charge in [-0.2, -0.15) is 0 Å². The maximum atomic E-state index is 13.7. The molecule has 148 valence electrons. The van der Waals surface area contributed by atoms with E-state index in [-0.39, 0.29) is 5.41 Å². The van der Waals surface area contributed by atoms with E-state index >= 15 is 0 Å². The van der Waals surface area contributed by atoms with Crippen LogP contribution in [-0.4, -0.2) is 47.2 Å². The van der Waals surface area contributed by atoms with Gasteiger partial charge in [-0.25, -0.2) is 4.98 Å². The normalized spacial score (nSPS) is 37.7. The lowest BCUT2D eigenvalue weighted by Gasteiger charge is -2.57. The molecule has 1 saturated heterocycles. The van der Waals surface area contributed by atoms with Gasteiger partial charge in [-0.3, -0.25) is 4.79 Å². The molecule has 1 unspecified atom stereocenters. The molecule has 2 heterocycles. The highest BCUT2D eigenvalue weighted by Crippen LogP contribution is 2.60. The molecule has 4 saturated carbocycles. The summed E-state index contributed by atoms with van der Waals surface area (Å²) < 4.78 is 7.46. The molecule has 0 radical (unpaired) electrons. The van der Waals surface area contributed by atoms with Gasteiger partial charge < -0.3 is 14.2 Å². The Morgan fingerprint density at radius 1 is 1.22 bits per heavy atom. The van der Waals surface area contributed by atoms with Gasteiger partial charge in [-0.15, -0.1) is 0 Å². The molecule has 0 aromatic carbocycles. The van der Waals surface area contributed by atoms with Crippen molar-refractivity contribution in [3.8, 4) is 0 Å². The minimum Gasteiger partial charge on any atom is -0.383 e. The van der Waals surface area contributed by atoms with E-state index in [0.717, 1.165) is 56.1 Å². The molecule has 4 bridgehead atoms. The molecule has 1 aromatic heterocycles. The van der Waals surface area contributed by atoms with Crippen LogP contribution in [-0.2, 0) is 16.1 Å². The number of carbonyl (C=O) groups is 1. The van der Waals surface area contributed by atoms with Crippen LogP contribution in [0, 0.1) is 23.2 Å². The number of rotatable bonds is 5. The van der Waals surface area contributed by atoms with Crippen LogP contribution in [0.15, 0.2) is 12.4 Å². The van der Waals surface area contributed by atoms with Gasteiger partial charge in [0, 0.05) is 45.1 Å². The van der Waals surface area contributed by atoms with E-state index in [1.807, 2.05) is 12.4 Å². The molecule has 27 heavy (non-hydrogen) atoms. The first-order chi connectivity index (χ1) is 13.2. The molecule has 1 aliphatic heterocycles. The van der Waals surface area contributed by atoms with Crippen molar-refractivity contribution in [3.63, 3.8) is 0 Å². The summed E-state index contributed by atoms with van der Waals surface area (Å²) in [7, 11) is 1.74. The van der Waals surface area contributed by atoms with Crippen LogP contribution in [0.4, 0.5) is 0 Å². The molecule has 1 amide bonds. The lowest BCUT2D eigenvalue weighted by molar-refractivity contribution is -0.159. The Bertz CT molecular complexity index is 662.